The van der Waals surface area contributed by atoms with Crippen molar-refractivity contribution in [3.05, 3.63) is 47.9 Å². The Labute approximate surface area is 104 Å². The van der Waals surface area contributed by atoms with E-state index in [1.165, 1.54) is 0 Å². The summed E-state index contributed by atoms with van der Waals surface area (Å²) in [7, 11) is 0. The number of rotatable bonds is 3. The molecule has 3 rings (SSSR count). The van der Waals surface area contributed by atoms with Crippen LogP contribution in [0.1, 0.15) is 17.4 Å². The fraction of sp³-hybridized carbons (Fsp3) is 0.231. The highest BCUT2D eigenvalue weighted by Gasteiger charge is 2.19. The molecule has 5 nitrogen and oxygen atoms in total. The lowest BCUT2D eigenvalue weighted by atomic mass is 10.0. The van der Waals surface area contributed by atoms with Gasteiger partial charge in [0.2, 0.25) is 0 Å². The Morgan fingerprint density at radius 1 is 1.11 bits per heavy atom. The molecular weight excluding hydrogens is 232 g/mol. The normalized spacial score (nSPS) is 15.4. The minimum Gasteiger partial charge on any atom is -0.486 e. The number of fused-ring (bicyclic) bond motifs is 1. The van der Waals surface area contributed by atoms with Crippen LogP contribution in [0.2, 0.25) is 0 Å². The first-order valence-electron chi connectivity index (χ1n) is 5.77. The molecule has 2 aromatic rings. The Bertz CT molecular complexity index is 525. The van der Waals surface area contributed by atoms with E-state index >= 15 is 0 Å². The maximum atomic E-state index is 5.59. The van der Waals surface area contributed by atoms with Crippen LogP contribution >= 0.6 is 0 Å². The van der Waals surface area contributed by atoms with Crippen molar-refractivity contribution in [1.29, 1.82) is 0 Å². The molecule has 0 amide bonds. The molecule has 0 bridgehead atoms. The second-order valence-electron chi connectivity index (χ2n) is 4.02. The zero-order valence-electron chi connectivity index (χ0n) is 9.76. The van der Waals surface area contributed by atoms with Crippen LogP contribution in [0.3, 0.4) is 0 Å². The van der Waals surface area contributed by atoms with Crippen molar-refractivity contribution in [2.24, 2.45) is 5.84 Å². The Morgan fingerprint density at radius 2 is 1.94 bits per heavy atom. The number of benzene rings is 1. The number of nitrogens with two attached hydrogens (primary N) is 1. The van der Waals surface area contributed by atoms with E-state index in [4.69, 9.17) is 19.7 Å². The molecule has 1 aromatic carbocycles. The summed E-state index contributed by atoms with van der Waals surface area (Å²) in [6.45, 7) is 1.15. The molecule has 2 heterocycles. The second-order valence-corrected chi connectivity index (χ2v) is 4.02. The van der Waals surface area contributed by atoms with Gasteiger partial charge in [-0.1, -0.05) is 6.07 Å². The van der Waals surface area contributed by atoms with E-state index in [-0.39, 0.29) is 6.04 Å². The van der Waals surface area contributed by atoms with E-state index in [0.717, 1.165) is 22.8 Å². The molecular formula is C13H14N2O3. The van der Waals surface area contributed by atoms with Crippen molar-refractivity contribution < 1.29 is 13.9 Å². The zero-order valence-corrected chi connectivity index (χ0v) is 9.76. The van der Waals surface area contributed by atoms with Gasteiger partial charge in [-0.25, -0.2) is 5.43 Å². The molecule has 94 valence electrons. The summed E-state index contributed by atoms with van der Waals surface area (Å²) in [4.78, 5) is 0. The van der Waals surface area contributed by atoms with E-state index in [1.807, 2.05) is 30.3 Å². The number of hydrazine groups is 1. The van der Waals surface area contributed by atoms with Crippen molar-refractivity contribution >= 4 is 0 Å². The van der Waals surface area contributed by atoms with Crippen LogP contribution < -0.4 is 20.7 Å². The third-order valence-electron chi connectivity index (χ3n) is 2.89. The van der Waals surface area contributed by atoms with Gasteiger partial charge in [0.25, 0.3) is 0 Å². The highest BCUT2D eigenvalue weighted by molar-refractivity contribution is 5.45. The molecule has 0 saturated heterocycles. The molecule has 3 N–H and O–H groups in total. The first kappa shape index (κ1) is 11.1. The average Bonchev–Trinajstić information content (AvgIpc) is 2.93. The van der Waals surface area contributed by atoms with Crippen molar-refractivity contribution in [3.63, 3.8) is 0 Å². The molecule has 1 unspecified atom stereocenters. The lowest BCUT2D eigenvalue weighted by Crippen LogP contribution is -2.28. The molecule has 5 heteroatoms. The maximum Gasteiger partial charge on any atom is 0.161 e. The topological polar surface area (TPSA) is 69.7 Å². The second kappa shape index (κ2) is 4.72. The molecule has 1 aromatic heterocycles. The van der Waals surface area contributed by atoms with Crippen molar-refractivity contribution in [1.82, 2.24) is 5.43 Å². The Kier molecular flexibility index (Phi) is 2.92. The van der Waals surface area contributed by atoms with Gasteiger partial charge in [0.15, 0.2) is 11.5 Å². The van der Waals surface area contributed by atoms with E-state index in [1.54, 1.807) is 6.26 Å². The predicted molar refractivity (Wildman–Crippen MR) is 65.3 cm³/mol. The van der Waals surface area contributed by atoms with Crippen molar-refractivity contribution in [3.8, 4) is 11.5 Å². The van der Waals surface area contributed by atoms with Gasteiger partial charge < -0.3 is 13.9 Å². The van der Waals surface area contributed by atoms with Crippen LogP contribution in [-0.4, -0.2) is 13.2 Å². The number of furan rings is 1. The Morgan fingerprint density at radius 3 is 2.67 bits per heavy atom. The summed E-state index contributed by atoms with van der Waals surface area (Å²) in [5.41, 5.74) is 3.71. The summed E-state index contributed by atoms with van der Waals surface area (Å²) in [5, 5.41) is 0. The van der Waals surface area contributed by atoms with Gasteiger partial charge in [0, 0.05) is 0 Å². The third kappa shape index (κ3) is 1.94. The molecule has 1 atom stereocenters. The third-order valence-corrected chi connectivity index (χ3v) is 2.89. The number of nitrogens with one attached hydrogen (secondary N) is 1. The van der Waals surface area contributed by atoms with Crippen LogP contribution in [0.4, 0.5) is 0 Å². The molecule has 1 aliphatic rings. The Balaban J connectivity index is 1.95. The standard InChI is InChI=1S/C13H14N2O3/c14-15-13(11-2-1-5-16-11)9-3-4-10-12(8-9)18-7-6-17-10/h1-5,8,13,15H,6-7,14H2. The van der Waals surface area contributed by atoms with Crippen LogP contribution in [-0.2, 0) is 0 Å². The van der Waals surface area contributed by atoms with Gasteiger partial charge in [-0.3, -0.25) is 5.84 Å². The predicted octanol–water partition coefficient (Wildman–Crippen LogP) is 1.60. The molecule has 1 aliphatic heterocycles. The lowest BCUT2D eigenvalue weighted by Gasteiger charge is -2.21. The van der Waals surface area contributed by atoms with Crippen LogP contribution in [0.5, 0.6) is 11.5 Å². The molecule has 18 heavy (non-hydrogen) atoms. The van der Waals surface area contributed by atoms with Gasteiger partial charge in [0.05, 0.1) is 6.26 Å². The summed E-state index contributed by atoms with van der Waals surface area (Å²) in [6, 6.07) is 9.26. The highest BCUT2D eigenvalue weighted by atomic mass is 16.6. The minimum absolute atomic E-state index is 0.198. The fourth-order valence-corrected chi connectivity index (χ4v) is 2.04. The molecule has 0 saturated carbocycles. The zero-order chi connectivity index (χ0) is 12.4. The van der Waals surface area contributed by atoms with Crippen LogP contribution in [0.15, 0.2) is 41.0 Å². The van der Waals surface area contributed by atoms with Gasteiger partial charge in [0.1, 0.15) is 25.0 Å². The molecule has 0 spiro atoms. The SMILES string of the molecule is NNC(c1ccc2c(c1)OCCO2)c1ccco1. The maximum absolute atomic E-state index is 5.59. The number of ether oxygens (including phenoxy) is 2. The largest absolute Gasteiger partial charge is 0.486 e. The van der Waals surface area contributed by atoms with Crippen molar-refractivity contribution in [2.45, 2.75) is 6.04 Å². The number of hydrogen-bond donors (Lipinski definition) is 2. The van der Waals surface area contributed by atoms with E-state index in [0.29, 0.717) is 13.2 Å². The monoisotopic (exact) mass is 246 g/mol. The van der Waals surface area contributed by atoms with Gasteiger partial charge in [-0.05, 0) is 29.8 Å². The lowest BCUT2D eigenvalue weighted by molar-refractivity contribution is 0.171. The average molecular weight is 246 g/mol. The molecule has 0 aliphatic carbocycles. The first-order valence-corrected chi connectivity index (χ1v) is 5.77. The first-order chi connectivity index (χ1) is 8.88. The van der Waals surface area contributed by atoms with Crippen LogP contribution in [0, 0.1) is 0 Å². The fourth-order valence-electron chi connectivity index (χ4n) is 2.04. The molecule has 0 radical (unpaired) electrons. The summed E-state index contributed by atoms with van der Waals surface area (Å²) in [5.74, 6) is 7.85. The summed E-state index contributed by atoms with van der Waals surface area (Å²) in [6.07, 6.45) is 1.62. The smallest absolute Gasteiger partial charge is 0.161 e. The summed E-state index contributed by atoms with van der Waals surface area (Å²) >= 11 is 0. The van der Waals surface area contributed by atoms with E-state index < -0.39 is 0 Å². The number of hydrogen-bond acceptors (Lipinski definition) is 5. The molecule has 0 fully saturated rings. The van der Waals surface area contributed by atoms with Gasteiger partial charge in [-0.2, -0.15) is 0 Å². The summed E-state index contributed by atoms with van der Waals surface area (Å²) < 4.78 is 16.4. The highest BCUT2D eigenvalue weighted by Crippen LogP contribution is 2.34. The van der Waals surface area contributed by atoms with Crippen molar-refractivity contribution in [2.75, 3.05) is 13.2 Å². The van der Waals surface area contributed by atoms with Crippen LogP contribution in [0.25, 0.3) is 0 Å². The van der Waals surface area contributed by atoms with Gasteiger partial charge in [-0.15, -0.1) is 0 Å². The van der Waals surface area contributed by atoms with E-state index in [2.05, 4.69) is 5.43 Å². The van der Waals surface area contributed by atoms with E-state index in [9.17, 15) is 0 Å². The minimum atomic E-state index is -0.198. The Hall–Kier alpha value is -1.98. The quantitative estimate of drug-likeness (QED) is 0.636. The van der Waals surface area contributed by atoms with Gasteiger partial charge >= 0.3 is 0 Å².